The molecule has 1 unspecified atom stereocenters. The fourth-order valence-corrected chi connectivity index (χ4v) is 3.37. The highest BCUT2D eigenvalue weighted by Crippen LogP contribution is 2.24. The Hall–Kier alpha value is -0.220. The topological polar surface area (TPSA) is 32.3 Å². The summed E-state index contributed by atoms with van der Waals surface area (Å²) in [5.41, 5.74) is 0. The van der Waals surface area contributed by atoms with Crippen LogP contribution < -0.4 is 5.32 Å². The van der Waals surface area contributed by atoms with Crippen molar-refractivity contribution in [2.24, 2.45) is 11.8 Å². The lowest BCUT2D eigenvalue weighted by Gasteiger charge is -2.32. The Balaban J connectivity index is 2.24. The van der Waals surface area contributed by atoms with Gasteiger partial charge < -0.3 is 10.2 Å². The first-order valence-corrected chi connectivity index (χ1v) is 9.34. The largest absolute Gasteiger partial charge is 0.353 e. The molecule has 1 fully saturated rings. The van der Waals surface area contributed by atoms with Crippen LogP contribution in [0, 0.1) is 11.8 Å². The Bertz CT molecular complexity index is 317. The maximum atomic E-state index is 12.2. The highest BCUT2D eigenvalue weighted by atomic mass is 32.2. The molecule has 1 aliphatic heterocycles. The van der Waals surface area contributed by atoms with E-state index in [2.05, 4.69) is 51.8 Å². The average Bonchev–Trinajstić information content (AvgIpc) is 2.37. The minimum Gasteiger partial charge on any atom is -0.353 e. The molecule has 1 atom stereocenters. The number of carbonyl (C=O) groups excluding carboxylic acids is 1. The van der Waals surface area contributed by atoms with Crippen molar-refractivity contribution in [2.75, 3.05) is 25.4 Å². The summed E-state index contributed by atoms with van der Waals surface area (Å²) in [6.45, 7) is 16.5. The molecule has 0 radical (unpaired) electrons. The van der Waals surface area contributed by atoms with Gasteiger partial charge in [-0.1, -0.05) is 34.6 Å². The summed E-state index contributed by atoms with van der Waals surface area (Å²) in [6, 6.07) is 0.277. The second-order valence-corrected chi connectivity index (χ2v) is 9.54. The first kappa shape index (κ1) is 18.8. The molecule has 0 aliphatic carbocycles. The molecule has 0 bridgehead atoms. The molecule has 1 saturated heterocycles. The van der Waals surface area contributed by atoms with Crippen molar-refractivity contribution in [1.29, 1.82) is 0 Å². The van der Waals surface area contributed by atoms with Crippen molar-refractivity contribution in [1.82, 2.24) is 10.2 Å². The molecule has 1 amide bonds. The monoisotopic (exact) mass is 314 g/mol. The number of hydrogen-bond acceptors (Lipinski definition) is 3. The van der Waals surface area contributed by atoms with Crippen molar-refractivity contribution in [3.05, 3.63) is 0 Å². The molecule has 0 aromatic rings. The van der Waals surface area contributed by atoms with Gasteiger partial charge in [0.1, 0.15) is 0 Å². The zero-order chi connectivity index (χ0) is 16.0. The van der Waals surface area contributed by atoms with Gasteiger partial charge in [-0.3, -0.25) is 4.79 Å². The summed E-state index contributed by atoms with van der Waals surface area (Å²) >= 11 is 2.02. The lowest BCUT2D eigenvalue weighted by Crippen LogP contribution is -2.44. The van der Waals surface area contributed by atoms with E-state index in [-0.39, 0.29) is 17.9 Å². The minimum atomic E-state index is 0.220. The maximum Gasteiger partial charge on any atom is 0.223 e. The summed E-state index contributed by atoms with van der Waals surface area (Å²) in [5, 5.41) is 3.17. The number of nitrogens with zero attached hydrogens (tertiary/aromatic N) is 1. The number of piperidine rings is 1. The Labute approximate surface area is 135 Å². The van der Waals surface area contributed by atoms with Crippen molar-refractivity contribution in [3.63, 3.8) is 0 Å². The number of likely N-dealkylation sites (tertiary alicyclic amines) is 1. The van der Waals surface area contributed by atoms with E-state index in [1.54, 1.807) is 0 Å². The van der Waals surface area contributed by atoms with Gasteiger partial charge in [-0.25, -0.2) is 0 Å². The van der Waals surface area contributed by atoms with Gasteiger partial charge >= 0.3 is 0 Å². The smallest absolute Gasteiger partial charge is 0.223 e. The van der Waals surface area contributed by atoms with E-state index in [0.717, 1.165) is 32.5 Å². The third-order valence-corrected chi connectivity index (χ3v) is 5.52. The Morgan fingerprint density at radius 3 is 2.29 bits per heavy atom. The molecule has 1 rings (SSSR count). The van der Waals surface area contributed by atoms with Crippen molar-refractivity contribution < 1.29 is 4.79 Å². The van der Waals surface area contributed by atoms with E-state index in [1.807, 2.05) is 11.8 Å². The fourth-order valence-electron chi connectivity index (χ4n) is 2.41. The summed E-state index contributed by atoms with van der Waals surface area (Å²) < 4.78 is 0.352. The molecule has 3 nitrogen and oxygen atoms in total. The highest BCUT2D eigenvalue weighted by Gasteiger charge is 2.26. The second-order valence-electron chi connectivity index (χ2n) is 7.62. The van der Waals surface area contributed by atoms with Crippen LogP contribution in [0.4, 0.5) is 0 Å². The fraction of sp³-hybridized carbons (Fsp3) is 0.941. The van der Waals surface area contributed by atoms with Crippen LogP contribution >= 0.6 is 11.8 Å². The number of hydrogen-bond donors (Lipinski definition) is 1. The quantitative estimate of drug-likeness (QED) is 0.815. The van der Waals surface area contributed by atoms with E-state index in [4.69, 9.17) is 0 Å². The van der Waals surface area contributed by atoms with E-state index >= 15 is 0 Å². The molecule has 1 heterocycles. The zero-order valence-electron chi connectivity index (χ0n) is 14.7. The standard InChI is InChI=1S/C17H34N2OS/c1-13(2)14(3)18-16(20)15-7-9-19(10-8-15)11-12-21-17(4,5)6/h13-15H,7-12H2,1-6H3,(H,18,20). The molecular formula is C17H34N2OS. The molecule has 0 aromatic carbocycles. The second kappa shape index (κ2) is 8.42. The van der Waals surface area contributed by atoms with E-state index in [0.29, 0.717) is 10.7 Å². The number of thioether (sulfide) groups is 1. The number of carbonyl (C=O) groups is 1. The van der Waals surface area contributed by atoms with E-state index in [1.165, 1.54) is 5.75 Å². The first-order chi connectivity index (χ1) is 9.69. The van der Waals surface area contributed by atoms with Gasteiger partial charge in [-0.2, -0.15) is 11.8 Å². The maximum absolute atomic E-state index is 12.2. The number of nitrogens with one attached hydrogen (secondary N) is 1. The molecule has 0 aromatic heterocycles. The summed E-state index contributed by atoms with van der Waals surface area (Å²) in [7, 11) is 0. The molecule has 0 saturated carbocycles. The van der Waals surface area contributed by atoms with Crippen LogP contribution in [0.25, 0.3) is 0 Å². The van der Waals surface area contributed by atoms with Crippen LogP contribution in [0.1, 0.15) is 54.4 Å². The van der Waals surface area contributed by atoms with Crippen molar-refractivity contribution in [3.8, 4) is 0 Å². The van der Waals surface area contributed by atoms with Gasteiger partial charge in [0.2, 0.25) is 5.91 Å². The summed E-state index contributed by atoms with van der Waals surface area (Å²) in [4.78, 5) is 14.7. The number of rotatable bonds is 6. The van der Waals surface area contributed by atoms with Crippen LogP contribution in [0.2, 0.25) is 0 Å². The van der Waals surface area contributed by atoms with Gasteiger partial charge in [0, 0.05) is 29.0 Å². The Morgan fingerprint density at radius 1 is 1.24 bits per heavy atom. The van der Waals surface area contributed by atoms with Gasteiger partial charge in [-0.15, -0.1) is 0 Å². The van der Waals surface area contributed by atoms with Crippen molar-refractivity contribution >= 4 is 17.7 Å². The molecule has 1 N–H and O–H groups in total. The normalized spacial score (nSPS) is 19.8. The highest BCUT2D eigenvalue weighted by molar-refractivity contribution is 8.00. The first-order valence-electron chi connectivity index (χ1n) is 8.35. The number of amides is 1. The van der Waals surface area contributed by atoms with Gasteiger partial charge in [0.25, 0.3) is 0 Å². The van der Waals surface area contributed by atoms with E-state index < -0.39 is 0 Å². The Kier molecular flexibility index (Phi) is 7.55. The molecule has 21 heavy (non-hydrogen) atoms. The summed E-state index contributed by atoms with van der Waals surface area (Å²) in [6.07, 6.45) is 2.02. The lowest BCUT2D eigenvalue weighted by molar-refractivity contribution is -0.127. The Morgan fingerprint density at radius 2 is 1.81 bits per heavy atom. The van der Waals surface area contributed by atoms with E-state index in [9.17, 15) is 4.79 Å². The minimum absolute atomic E-state index is 0.220. The van der Waals surface area contributed by atoms with Gasteiger partial charge in [0.05, 0.1) is 0 Å². The van der Waals surface area contributed by atoms with Crippen LogP contribution in [0.5, 0.6) is 0 Å². The molecule has 0 spiro atoms. The van der Waals surface area contributed by atoms with Crippen LogP contribution in [0.3, 0.4) is 0 Å². The predicted octanol–water partition coefficient (Wildman–Crippen LogP) is 3.39. The predicted molar refractivity (Wildman–Crippen MR) is 93.8 cm³/mol. The molecule has 4 heteroatoms. The summed E-state index contributed by atoms with van der Waals surface area (Å²) in [5.74, 6) is 2.17. The third kappa shape index (κ3) is 7.55. The lowest BCUT2D eigenvalue weighted by atomic mass is 9.95. The van der Waals surface area contributed by atoms with Crippen LogP contribution in [-0.4, -0.2) is 47.0 Å². The SMILES string of the molecule is CC(C)C(C)NC(=O)C1CCN(CCSC(C)(C)C)CC1. The van der Waals surface area contributed by atoms with Gasteiger partial charge in [0.15, 0.2) is 0 Å². The molecular weight excluding hydrogens is 280 g/mol. The average molecular weight is 315 g/mol. The molecule has 124 valence electrons. The zero-order valence-corrected chi connectivity index (χ0v) is 15.6. The van der Waals surface area contributed by atoms with Crippen LogP contribution in [-0.2, 0) is 4.79 Å². The van der Waals surface area contributed by atoms with Crippen molar-refractivity contribution in [2.45, 2.75) is 65.2 Å². The third-order valence-electron chi connectivity index (χ3n) is 4.27. The van der Waals surface area contributed by atoms with Gasteiger partial charge in [-0.05, 0) is 38.8 Å². The van der Waals surface area contributed by atoms with Crippen LogP contribution in [0.15, 0.2) is 0 Å². The molecule has 1 aliphatic rings.